The predicted molar refractivity (Wildman–Crippen MR) is 82.9 cm³/mol. The van der Waals surface area contributed by atoms with Crippen molar-refractivity contribution < 1.29 is 0 Å². The summed E-state index contributed by atoms with van der Waals surface area (Å²) in [4.78, 5) is 2.32. The molecule has 4 heteroatoms. The minimum Gasteiger partial charge on any atom is -0.372 e. The molecule has 1 rings (SSSR count). The molecule has 1 aromatic carbocycles. The Labute approximate surface area is 117 Å². The van der Waals surface area contributed by atoms with Gasteiger partial charge in [0.05, 0.1) is 0 Å². The van der Waals surface area contributed by atoms with Gasteiger partial charge in [0.1, 0.15) is 0 Å². The zero-order chi connectivity index (χ0) is 12.8. The van der Waals surface area contributed by atoms with Crippen molar-refractivity contribution in [2.75, 3.05) is 24.0 Å². The molecule has 2 N–H and O–H groups in total. The average Bonchev–Trinajstić information content (AvgIpc) is 2.34. The van der Waals surface area contributed by atoms with Gasteiger partial charge in [-0.05, 0) is 43.0 Å². The van der Waals surface area contributed by atoms with Crippen molar-refractivity contribution >= 4 is 33.4 Å². The summed E-state index contributed by atoms with van der Waals surface area (Å²) in [6.07, 6.45) is 3.34. The maximum Gasteiger partial charge on any atom is 0.0422 e. The van der Waals surface area contributed by atoms with Crippen molar-refractivity contribution in [2.24, 2.45) is 5.73 Å². The largest absolute Gasteiger partial charge is 0.372 e. The van der Waals surface area contributed by atoms with Gasteiger partial charge < -0.3 is 10.6 Å². The zero-order valence-corrected chi connectivity index (χ0v) is 13.1. The summed E-state index contributed by atoms with van der Waals surface area (Å²) in [5, 5.41) is 0. The first kappa shape index (κ1) is 14.9. The maximum absolute atomic E-state index is 5.79. The fourth-order valence-corrected chi connectivity index (χ4v) is 2.68. The second-order valence-corrected chi connectivity index (χ2v) is 6.12. The van der Waals surface area contributed by atoms with Gasteiger partial charge in [0.2, 0.25) is 0 Å². The van der Waals surface area contributed by atoms with Crippen molar-refractivity contribution in [3.05, 3.63) is 28.2 Å². The molecule has 0 heterocycles. The van der Waals surface area contributed by atoms with Gasteiger partial charge >= 0.3 is 0 Å². The molecule has 1 atom stereocenters. The number of benzene rings is 1. The summed E-state index contributed by atoms with van der Waals surface area (Å²) in [6.45, 7) is 2.85. The lowest BCUT2D eigenvalue weighted by Gasteiger charge is -2.29. The van der Waals surface area contributed by atoms with E-state index in [9.17, 15) is 0 Å². The number of hydrogen-bond acceptors (Lipinski definition) is 3. The lowest BCUT2D eigenvalue weighted by molar-refractivity contribution is 0.666. The number of anilines is 1. The van der Waals surface area contributed by atoms with Gasteiger partial charge in [-0.3, -0.25) is 0 Å². The molecule has 0 aliphatic rings. The second kappa shape index (κ2) is 7.29. The second-order valence-electron chi connectivity index (χ2n) is 4.22. The highest BCUT2D eigenvalue weighted by Crippen LogP contribution is 2.26. The molecule has 1 aromatic rings. The van der Waals surface area contributed by atoms with Gasteiger partial charge in [0.25, 0.3) is 0 Å². The number of halogens is 1. The Morgan fingerprint density at radius 3 is 2.76 bits per heavy atom. The topological polar surface area (TPSA) is 29.3 Å². The number of rotatable bonds is 6. The Morgan fingerprint density at radius 2 is 2.18 bits per heavy atom. The van der Waals surface area contributed by atoms with E-state index in [1.807, 2.05) is 17.8 Å². The first-order valence-electron chi connectivity index (χ1n) is 5.80. The first-order chi connectivity index (χ1) is 8.10. The number of nitrogens with two attached hydrogens (primary N) is 1. The summed E-state index contributed by atoms with van der Waals surface area (Å²) in [5.74, 6) is 1.19. The van der Waals surface area contributed by atoms with Crippen molar-refractivity contribution in [3.63, 3.8) is 0 Å². The zero-order valence-electron chi connectivity index (χ0n) is 10.7. The molecular weight excluding hydrogens is 296 g/mol. The van der Waals surface area contributed by atoms with E-state index in [2.05, 4.69) is 53.2 Å². The lowest BCUT2D eigenvalue weighted by atomic mass is 10.1. The monoisotopic (exact) mass is 316 g/mol. The van der Waals surface area contributed by atoms with Crippen LogP contribution in [-0.2, 0) is 6.54 Å². The third-order valence-corrected chi connectivity index (χ3v) is 4.19. The highest BCUT2D eigenvalue weighted by atomic mass is 79.9. The molecule has 0 fully saturated rings. The van der Waals surface area contributed by atoms with Crippen molar-refractivity contribution in [3.8, 4) is 0 Å². The van der Waals surface area contributed by atoms with Crippen LogP contribution in [0.3, 0.4) is 0 Å². The number of thioether (sulfide) groups is 1. The van der Waals surface area contributed by atoms with E-state index in [1.54, 1.807) is 0 Å². The van der Waals surface area contributed by atoms with E-state index >= 15 is 0 Å². The third-order valence-electron chi connectivity index (χ3n) is 3.05. The van der Waals surface area contributed by atoms with E-state index in [-0.39, 0.29) is 0 Å². The fourth-order valence-electron chi connectivity index (χ4n) is 1.76. The maximum atomic E-state index is 5.79. The Morgan fingerprint density at radius 1 is 1.47 bits per heavy atom. The normalized spacial score (nSPS) is 12.5. The number of hydrogen-bond donors (Lipinski definition) is 1. The van der Waals surface area contributed by atoms with E-state index < -0.39 is 0 Å². The molecule has 0 spiro atoms. The van der Waals surface area contributed by atoms with Crippen LogP contribution in [0.25, 0.3) is 0 Å². The molecule has 0 aliphatic carbocycles. The van der Waals surface area contributed by atoms with Crippen LogP contribution >= 0.6 is 27.7 Å². The van der Waals surface area contributed by atoms with Gasteiger partial charge in [0, 0.05) is 29.8 Å². The molecule has 0 saturated carbocycles. The molecule has 0 amide bonds. The van der Waals surface area contributed by atoms with Crippen LogP contribution in [0.15, 0.2) is 22.7 Å². The van der Waals surface area contributed by atoms with Gasteiger partial charge in [-0.25, -0.2) is 0 Å². The average molecular weight is 317 g/mol. The third kappa shape index (κ3) is 4.19. The van der Waals surface area contributed by atoms with Crippen LogP contribution in [0, 0.1) is 0 Å². The molecular formula is C13H21BrN2S. The van der Waals surface area contributed by atoms with Gasteiger partial charge in [-0.1, -0.05) is 22.0 Å². The molecule has 96 valence electrons. The molecule has 17 heavy (non-hydrogen) atoms. The standard InChI is InChI=1S/C13H21BrN2S/c1-10(6-7-17-3)16(2)13-8-12(14)5-4-11(13)9-15/h4-5,8,10H,6-7,9,15H2,1-3H3. The van der Waals surface area contributed by atoms with E-state index in [0.717, 1.165) is 4.47 Å². The lowest BCUT2D eigenvalue weighted by Crippen LogP contribution is -2.30. The molecule has 0 radical (unpaired) electrons. The summed E-state index contributed by atoms with van der Waals surface area (Å²) < 4.78 is 1.11. The SMILES string of the molecule is CSCCC(C)N(C)c1cc(Br)ccc1CN. The van der Waals surface area contributed by atoms with Crippen molar-refractivity contribution in [1.82, 2.24) is 0 Å². The highest BCUT2D eigenvalue weighted by Gasteiger charge is 2.13. The van der Waals surface area contributed by atoms with Crippen LogP contribution in [0.2, 0.25) is 0 Å². The van der Waals surface area contributed by atoms with E-state index in [1.165, 1.54) is 23.4 Å². The highest BCUT2D eigenvalue weighted by molar-refractivity contribution is 9.10. The quantitative estimate of drug-likeness (QED) is 0.871. The molecule has 0 bridgehead atoms. The van der Waals surface area contributed by atoms with Crippen LogP contribution in [0.5, 0.6) is 0 Å². The Kier molecular flexibility index (Phi) is 6.38. The number of nitrogens with zero attached hydrogens (tertiary/aromatic N) is 1. The molecule has 0 saturated heterocycles. The van der Waals surface area contributed by atoms with Crippen LogP contribution < -0.4 is 10.6 Å². The van der Waals surface area contributed by atoms with Crippen LogP contribution in [0.4, 0.5) is 5.69 Å². The van der Waals surface area contributed by atoms with Gasteiger partial charge in [-0.15, -0.1) is 0 Å². The van der Waals surface area contributed by atoms with Crippen LogP contribution in [0.1, 0.15) is 18.9 Å². The summed E-state index contributed by atoms with van der Waals surface area (Å²) in [6, 6.07) is 6.82. The Balaban J connectivity index is 2.86. The van der Waals surface area contributed by atoms with Gasteiger partial charge in [0.15, 0.2) is 0 Å². The minimum atomic E-state index is 0.530. The minimum absolute atomic E-state index is 0.530. The predicted octanol–water partition coefficient (Wildman–Crippen LogP) is 3.49. The summed E-state index contributed by atoms with van der Waals surface area (Å²) >= 11 is 5.42. The van der Waals surface area contributed by atoms with Gasteiger partial charge in [-0.2, -0.15) is 11.8 Å². The van der Waals surface area contributed by atoms with Crippen molar-refractivity contribution in [1.29, 1.82) is 0 Å². The Bertz CT molecular complexity index is 357. The van der Waals surface area contributed by atoms with Crippen molar-refractivity contribution in [2.45, 2.75) is 25.9 Å². The van der Waals surface area contributed by atoms with E-state index in [4.69, 9.17) is 5.73 Å². The molecule has 1 unspecified atom stereocenters. The summed E-state index contributed by atoms with van der Waals surface area (Å²) in [5.41, 5.74) is 8.23. The summed E-state index contributed by atoms with van der Waals surface area (Å²) in [7, 11) is 2.14. The van der Waals surface area contributed by atoms with Crippen LogP contribution in [-0.4, -0.2) is 25.1 Å². The molecule has 0 aromatic heterocycles. The first-order valence-corrected chi connectivity index (χ1v) is 7.99. The smallest absolute Gasteiger partial charge is 0.0422 e. The Hall–Kier alpha value is -0.190. The van der Waals surface area contributed by atoms with E-state index in [0.29, 0.717) is 12.6 Å². The molecule has 2 nitrogen and oxygen atoms in total. The molecule has 0 aliphatic heterocycles. The fraction of sp³-hybridized carbons (Fsp3) is 0.538.